The summed E-state index contributed by atoms with van der Waals surface area (Å²) in [6.45, 7) is 0.577. The van der Waals surface area contributed by atoms with E-state index in [9.17, 15) is 4.79 Å². The number of anilines is 1. The molecule has 0 saturated carbocycles. The molecule has 3 aromatic rings. The van der Waals surface area contributed by atoms with Gasteiger partial charge in [0.1, 0.15) is 17.2 Å². The number of amides is 1. The highest BCUT2D eigenvalue weighted by molar-refractivity contribution is 5.67. The summed E-state index contributed by atoms with van der Waals surface area (Å²) < 4.78 is 21.5. The lowest BCUT2D eigenvalue weighted by atomic mass is 10.1. The van der Waals surface area contributed by atoms with E-state index in [4.69, 9.17) is 18.9 Å². The maximum atomic E-state index is 12.9. The topological polar surface area (TPSA) is 60.5 Å². The van der Waals surface area contributed by atoms with E-state index < -0.39 is 6.09 Å². The van der Waals surface area contributed by atoms with Gasteiger partial charge in [-0.25, -0.2) is 4.79 Å². The van der Waals surface area contributed by atoms with E-state index in [1.807, 2.05) is 91.8 Å². The number of hydrogen-bond donors (Lipinski definition) is 0. The maximum absolute atomic E-state index is 12.9. The van der Waals surface area contributed by atoms with Crippen molar-refractivity contribution in [2.24, 2.45) is 0 Å². The van der Waals surface area contributed by atoms with Crippen molar-refractivity contribution >= 4 is 11.8 Å². The Morgan fingerprint density at radius 1 is 0.758 bits per heavy atom. The molecule has 0 aromatic heterocycles. The molecular weight excluding hydrogens is 420 g/mol. The van der Waals surface area contributed by atoms with Gasteiger partial charge in [0.15, 0.2) is 0 Å². The van der Waals surface area contributed by atoms with Crippen LogP contribution in [-0.2, 0) is 17.8 Å². The quantitative estimate of drug-likeness (QED) is 0.408. The van der Waals surface area contributed by atoms with Crippen LogP contribution in [0.3, 0.4) is 0 Å². The molecule has 0 aliphatic heterocycles. The zero-order valence-electron chi connectivity index (χ0n) is 19.5. The van der Waals surface area contributed by atoms with Gasteiger partial charge in [0.05, 0.1) is 14.2 Å². The van der Waals surface area contributed by atoms with Gasteiger partial charge in [-0.05, 0) is 47.5 Å². The Kier molecular flexibility index (Phi) is 8.41. The smallest absolute Gasteiger partial charge is 0.413 e. The monoisotopic (exact) mass is 450 g/mol. The van der Waals surface area contributed by atoms with Crippen molar-refractivity contribution in [3.63, 3.8) is 0 Å². The molecule has 33 heavy (non-hydrogen) atoms. The van der Waals surface area contributed by atoms with Gasteiger partial charge in [-0.15, -0.1) is 0 Å². The van der Waals surface area contributed by atoms with Gasteiger partial charge in [-0.2, -0.15) is 0 Å². The van der Waals surface area contributed by atoms with Crippen LogP contribution in [0.1, 0.15) is 11.1 Å². The molecule has 7 nitrogen and oxygen atoms in total. The summed E-state index contributed by atoms with van der Waals surface area (Å²) in [5, 5.41) is 0. The fraction of sp³-hybridized carbons (Fsp3) is 0.269. The first-order valence-corrected chi connectivity index (χ1v) is 10.6. The van der Waals surface area contributed by atoms with E-state index in [2.05, 4.69) is 0 Å². The van der Waals surface area contributed by atoms with E-state index in [-0.39, 0.29) is 6.79 Å². The van der Waals surface area contributed by atoms with Crippen LogP contribution < -0.4 is 19.1 Å². The third kappa shape index (κ3) is 7.07. The Morgan fingerprint density at radius 3 is 1.79 bits per heavy atom. The second kappa shape index (κ2) is 11.7. The predicted octanol–water partition coefficient (Wildman–Crippen LogP) is 4.95. The molecular formula is C26H30N2O5. The SMILES string of the molecule is COc1ccc(CN(Cc2ccc(OC)cc2)C(=O)OCOc2cccc(N(C)C)c2)cc1. The molecule has 0 bridgehead atoms. The summed E-state index contributed by atoms with van der Waals surface area (Å²) >= 11 is 0. The summed E-state index contributed by atoms with van der Waals surface area (Å²) in [6.07, 6.45) is -0.467. The summed E-state index contributed by atoms with van der Waals surface area (Å²) in [7, 11) is 7.15. The highest BCUT2D eigenvalue weighted by atomic mass is 16.7. The zero-order chi connectivity index (χ0) is 23.6. The van der Waals surface area contributed by atoms with Crippen LogP contribution in [0.25, 0.3) is 0 Å². The normalized spacial score (nSPS) is 10.3. The summed E-state index contributed by atoms with van der Waals surface area (Å²) in [6, 6.07) is 22.8. The van der Waals surface area contributed by atoms with Gasteiger partial charge in [-0.1, -0.05) is 30.3 Å². The van der Waals surface area contributed by atoms with Crippen LogP contribution >= 0.6 is 0 Å². The lowest BCUT2D eigenvalue weighted by Crippen LogP contribution is -2.31. The molecule has 0 atom stereocenters. The van der Waals surface area contributed by atoms with Crippen molar-refractivity contribution in [3.05, 3.63) is 83.9 Å². The van der Waals surface area contributed by atoms with E-state index in [1.165, 1.54) is 0 Å². The van der Waals surface area contributed by atoms with E-state index in [1.54, 1.807) is 19.1 Å². The molecule has 0 radical (unpaired) electrons. The third-order valence-electron chi connectivity index (χ3n) is 5.07. The first-order chi connectivity index (χ1) is 16.0. The van der Waals surface area contributed by atoms with Crippen LogP contribution in [-0.4, -0.2) is 46.1 Å². The van der Waals surface area contributed by atoms with E-state index in [0.717, 1.165) is 28.3 Å². The Hall–Kier alpha value is -3.87. The first kappa shape index (κ1) is 23.8. The van der Waals surface area contributed by atoms with E-state index in [0.29, 0.717) is 18.8 Å². The summed E-state index contributed by atoms with van der Waals surface area (Å²) in [4.78, 5) is 16.5. The Bertz CT molecular complexity index is 970. The second-order valence-electron chi connectivity index (χ2n) is 7.62. The standard InChI is InChI=1S/C26H30N2O5/c1-27(2)22-6-5-7-25(16-22)32-19-33-26(29)28(17-20-8-12-23(30-3)13-9-20)18-21-10-14-24(31-4)15-11-21/h5-16H,17-19H2,1-4H3. The predicted molar refractivity (Wildman–Crippen MR) is 128 cm³/mol. The lowest BCUT2D eigenvalue weighted by molar-refractivity contribution is 0.0318. The molecule has 3 aromatic carbocycles. The Labute approximate surface area is 195 Å². The van der Waals surface area contributed by atoms with Gasteiger partial charge < -0.3 is 23.8 Å². The Balaban J connectivity index is 1.66. The van der Waals surface area contributed by atoms with Crippen molar-refractivity contribution in [1.29, 1.82) is 0 Å². The van der Waals surface area contributed by atoms with Gasteiger partial charge >= 0.3 is 6.09 Å². The highest BCUT2D eigenvalue weighted by Crippen LogP contribution is 2.20. The van der Waals surface area contributed by atoms with Crippen LogP contribution in [0.15, 0.2) is 72.8 Å². The van der Waals surface area contributed by atoms with Crippen molar-refractivity contribution in [2.45, 2.75) is 13.1 Å². The second-order valence-corrected chi connectivity index (χ2v) is 7.62. The molecule has 0 unspecified atom stereocenters. The number of methoxy groups -OCH3 is 2. The molecule has 174 valence electrons. The number of ether oxygens (including phenoxy) is 4. The molecule has 0 aliphatic rings. The van der Waals surface area contributed by atoms with Crippen molar-refractivity contribution < 1.29 is 23.7 Å². The molecule has 3 rings (SSSR count). The van der Waals surface area contributed by atoms with Gasteiger partial charge in [-0.3, -0.25) is 4.90 Å². The van der Waals surface area contributed by atoms with Crippen LogP contribution in [0.2, 0.25) is 0 Å². The maximum Gasteiger partial charge on any atom is 0.413 e. The minimum atomic E-state index is -0.467. The number of carbonyl (C=O) groups is 1. The lowest BCUT2D eigenvalue weighted by Gasteiger charge is -2.23. The molecule has 0 aliphatic carbocycles. The minimum absolute atomic E-state index is 0.183. The summed E-state index contributed by atoms with van der Waals surface area (Å²) in [5.74, 6) is 2.15. The molecule has 0 spiro atoms. The third-order valence-corrected chi connectivity index (χ3v) is 5.07. The molecule has 0 fully saturated rings. The average molecular weight is 451 g/mol. The molecule has 7 heteroatoms. The van der Waals surface area contributed by atoms with Gasteiger partial charge in [0.25, 0.3) is 0 Å². The number of carbonyl (C=O) groups excluding carboxylic acids is 1. The van der Waals surface area contributed by atoms with Crippen LogP contribution in [0.4, 0.5) is 10.5 Å². The number of benzene rings is 3. The largest absolute Gasteiger partial charge is 0.497 e. The first-order valence-electron chi connectivity index (χ1n) is 10.6. The van der Waals surface area contributed by atoms with Gasteiger partial charge in [0, 0.05) is 38.9 Å². The highest BCUT2D eigenvalue weighted by Gasteiger charge is 2.17. The molecule has 0 saturated heterocycles. The number of rotatable bonds is 10. The van der Waals surface area contributed by atoms with Crippen molar-refractivity contribution in [2.75, 3.05) is 40.0 Å². The van der Waals surface area contributed by atoms with Gasteiger partial charge in [0.2, 0.25) is 6.79 Å². The van der Waals surface area contributed by atoms with Crippen LogP contribution in [0.5, 0.6) is 17.2 Å². The number of nitrogens with zero attached hydrogens (tertiary/aromatic N) is 2. The molecule has 0 heterocycles. The zero-order valence-corrected chi connectivity index (χ0v) is 19.5. The number of hydrogen-bond acceptors (Lipinski definition) is 6. The van der Waals surface area contributed by atoms with E-state index >= 15 is 0 Å². The Morgan fingerprint density at radius 2 is 1.30 bits per heavy atom. The van der Waals surface area contributed by atoms with Crippen molar-refractivity contribution in [1.82, 2.24) is 4.90 Å². The molecule has 0 N–H and O–H groups in total. The summed E-state index contributed by atoms with van der Waals surface area (Å²) in [5.41, 5.74) is 2.92. The van der Waals surface area contributed by atoms with Crippen LogP contribution in [0, 0.1) is 0 Å². The fourth-order valence-corrected chi connectivity index (χ4v) is 3.18. The van der Waals surface area contributed by atoms with Crippen molar-refractivity contribution in [3.8, 4) is 17.2 Å². The molecule has 1 amide bonds. The average Bonchev–Trinajstić information content (AvgIpc) is 2.84. The fourth-order valence-electron chi connectivity index (χ4n) is 3.18. The minimum Gasteiger partial charge on any atom is -0.497 e.